The maximum Gasteiger partial charge on any atom is 0.244 e. The summed E-state index contributed by atoms with van der Waals surface area (Å²) in [5, 5.41) is 12.5. The molecule has 6 heteroatoms. The third-order valence-electron chi connectivity index (χ3n) is 4.50. The highest BCUT2D eigenvalue weighted by Gasteiger charge is 2.23. The molecule has 30 heavy (non-hydrogen) atoms. The van der Waals surface area contributed by atoms with E-state index >= 15 is 0 Å². The zero-order valence-corrected chi connectivity index (χ0v) is 17.9. The molecule has 0 unspecified atom stereocenters. The van der Waals surface area contributed by atoms with Crippen molar-refractivity contribution in [2.75, 3.05) is 5.32 Å². The number of thioether (sulfide) groups is 1. The monoisotopic (exact) mass is 431 g/mol. The summed E-state index contributed by atoms with van der Waals surface area (Å²) >= 11 is 2.96. The first-order valence-electron chi connectivity index (χ1n) is 9.72. The van der Waals surface area contributed by atoms with Gasteiger partial charge in [-0.2, -0.15) is 0 Å². The van der Waals surface area contributed by atoms with E-state index in [2.05, 4.69) is 27.6 Å². The molecule has 0 saturated heterocycles. The lowest BCUT2D eigenvalue weighted by Gasteiger charge is -2.16. The van der Waals surface area contributed by atoms with Crippen molar-refractivity contribution in [1.29, 1.82) is 0 Å². The lowest BCUT2D eigenvalue weighted by atomic mass is 10.1. The van der Waals surface area contributed by atoms with Crippen LogP contribution in [0.3, 0.4) is 0 Å². The number of carbonyl (C=O) groups excluding carboxylic acids is 1. The molecule has 0 saturated carbocycles. The van der Waals surface area contributed by atoms with Crippen LogP contribution < -0.4 is 5.32 Å². The number of amides is 1. The van der Waals surface area contributed by atoms with Gasteiger partial charge in [-0.25, -0.2) is 0 Å². The fraction of sp³-hybridized carbons (Fsp3) is 0.125. The van der Waals surface area contributed by atoms with Crippen LogP contribution in [0.1, 0.15) is 21.4 Å². The first-order chi connectivity index (χ1) is 14.8. The van der Waals surface area contributed by atoms with Crippen LogP contribution in [-0.2, 0) is 17.6 Å². The van der Waals surface area contributed by atoms with Crippen LogP contribution in [0.5, 0.6) is 0 Å². The molecule has 0 bridgehead atoms. The minimum absolute atomic E-state index is 0.0965. The topological polar surface area (TPSA) is 54.9 Å². The molecule has 0 aliphatic carbocycles. The highest BCUT2D eigenvalue weighted by Crippen LogP contribution is 2.36. The van der Waals surface area contributed by atoms with Gasteiger partial charge in [-0.15, -0.1) is 22.0 Å². The number of nitrogens with zero attached hydrogens (tertiary/aromatic N) is 2. The van der Waals surface area contributed by atoms with E-state index in [0.717, 1.165) is 28.3 Å². The molecule has 150 valence electrons. The molecular formula is C24H21N3OS2. The minimum atomic E-state index is -0.370. The van der Waals surface area contributed by atoms with E-state index in [9.17, 15) is 4.79 Å². The Morgan fingerprint density at radius 3 is 2.17 bits per heavy atom. The molecular weight excluding hydrogens is 410 g/mol. The van der Waals surface area contributed by atoms with Gasteiger partial charge in [-0.1, -0.05) is 90.2 Å². The van der Waals surface area contributed by atoms with Crippen LogP contribution in [0.15, 0.2) is 95.9 Å². The van der Waals surface area contributed by atoms with Gasteiger partial charge in [0.15, 0.2) is 0 Å². The van der Waals surface area contributed by atoms with Gasteiger partial charge in [0.1, 0.15) is 10.3 Å². The Hall–Kier alpha value is -2.96. The predicted molar refractivity (Wildman–Crippen MR) is 124 cm³/mol. The van der Waals surface area contributed by atoms with Crippen LogP contribution in [-0.4, -0.2) is 16.1 Å². The smallest absolute Gasteiger partial charge is 0.244 e. The van der Waals surface area contributed by atoms with Crippen molar-refractivity contribution in [1.82, 2.24) is 10.2 Å². The first kappa shape index (κ1) is 20.3. The third kappa shape index (κ3) is 5.55. The molecule has 1 heterocycles. The predicted octanol–water partition coefficient (Wildman–Crippen LogP) is 5.80. The highest BCUT2D eigenvalue weighted by atomic mass is 32.2. The number of benzene rings is 3. The van der Waals surface area contributed by atoms with Crippen LogP contribution in [0.4, 0.5) is 5.13 Å². The fourth-order valence-electron chi connectivity index (χ4n) is 3.01. The largest absolute Gasteiger partial charge is 0.299 e. The molecule has 4 aromatic rings. The van der Waals surface area contributed by atoms with E-state index in [1.54, 1.807) is 0 Å². The average molecular weight is 432 g/mol. The quantitative estimate of drug-likeness (QED) is 0.359. The Kier molecular flexibility index (Phi) is 6.90. The number of hydrogen-bond acceptors (Lipinski definition) is 5. The maximum absolute atomic E-state index is 13.1. The van der Waals surface area contributed by atoms with Crippen molar-refractivity contribution in [3.05, 3.63) is 107 Å². The second-order valence-corrected chi connectivity index (χ2v) is 8.94. The van der Waals surface area contributed by atoms with E-state index in [1.165, 1.54) is 28.7 Å². The molecule has 0 radical (unpaired) electrons. The van der Waals surface area contributed by atoms with Crippen molar-refractivity contribution < 1.29 is 4.79 Å². The Balaban J connectivity index is 1.44. The van der Waals surface area contributed by atoms with Gasteiger partial charge in [0, 0.05) is 11.3 Å². The molecule has 1 atom stereocenters. The zero-order valence-electron chi connectivity index (χ0n) is 16.3. The van der Waals surface area contributed by atoms with E-state index in [4.69, 9.17) is 0 Å². The van der Waals surface area contributed by atoms with Crippen molar-refractivity contribution in [2.45, 2.75) is 23.0 Å². The van der Waals surface area contributed by atoms with E-state index < -0.39 is 0 Å². The van der Waals surface area contributed by atoms with Crippen LogP contribution in [0.2, 0.25) is 0 Å². The van der Waals surface area contributed by atoms with Crippen LogP contribution in [0, 0.1) is 0 Å². The van der Waals surface area contributed by atoms with Crippen molar-refractivity contribution in [3.63, 3.8) is 0 Å². The normalized spacial score (nSPS) is 11.7. The standard InChI is InChI=1S/C24H21N3OS2/c28-23(22(19-12-6-2-7-13-19)29-20-14-8-3-9-15-20)25-24-27-26-21(30-24)17-16-18-10-4-1-5-11-18/h1-15,22H,16-17H2,(H,25,27,28)/t22-/m1/s1. The van der Waals surface area contributed by atoms with Gasteiger partial charge in [-0.05, 0) is 29.7 Å². The summed E-state index contributed by atoms with van der Waals surface area (Å²) in [5.41, 5.74) is 2.22. The van der Waals surface area contributed by atoms with Crippen molar-refractivity contribution in [3.8, 4) is 0 Å². The van der Waals surface area contributed by atoms with E-state index in [1.807, 2.05) is 78.9 Å². The SMILES string of the molecule is O=C(Nc1nnc(CCc2ccccc2)s1)[C@H](Sc1ccccc1)c1ccccc1. The molecule has 4 rings (SSSR count). The van der Waals surface area contributed by atoms with E-state index in [0.29, 0.717) is 5.13 Å². The molecule has 0 fully saturated rings. The second kappa shape index (κ2) is 10.2. The molecule has 0 aliphatic heterocycles. The first-order valence-corrected chi connectivity index (χ1v) is 11.4. The van der Waals surface area contributed by atoms with Crippen molar-refractivity contribution in [2.24, 2.45) is 0 Å². The van der Waals surface area contributed by atoms with Gasteiger partial charge >= 0.3 is 0 Å². The van der Waals surface area contributed by atoms with Crippen molar-refractivity contribution >= 4 is 34.1 Å². The van der Waals surface area contributed by atoms with Gasteiger partial charge in [0.2, 0.25) is 11.0 Å². The molecule has 4 nitrogen and oxygen atoms in total. The van der Waals surface area contributed by atoms with Gasteiger partial charge in [0.25, 0.3) is 0 Å². The van der Waals surface area contributed by atoms with Gasteiger partial charge in [0.05, 0.1) is 0 Å². The summed E-state index contributed by atoms with van der Waals surface area (Å²) in [6.45, 7) is 0. The number of carbonyl (C=O) groups is 1. The van der Waals surface area contributed by atoms with Crippen LogP contribution >= 0.6 is 23.1 Å². The molecule has 3 aromatic carbocycles. The Bertz CT molecular complexity index is 1070. The number of hydrogen-bond donors (Lipinski definition) is 1. The molecule has 1 N–H and O–H groups in total. The molecule has 0 spiro atoms. The third-order valence-corrected chi connectivity index (χ3v) is 6.67. The van der Waals surface area contributed by atoms with E-state index in [-0.39, 0.29) is 11.2 Å². The van der Waals surface area contributed by atoms with Crippen LogP contribution in [0.25, 0.3) is 0 Å². The summed E-state index contributed by atoms with van der Waals surface area (Å²) < 4.78 is 0. The summed E-state index contributed by atoms with van der Waals surface area (Å²) in [5.74, 6) is -0.0965. The zero-order chi connectivity index (χ0) is 20.6. The Morgan fingerprint density at radius 2 is 1.47 bits per heavy atom. The Labute approximate surface area is 184 Å². The number of anilines is 1. The molecule has 1 aromatic heterocycles. The average Bonchev–Trinajstić information content (AvgIpc) is 3.25. The maximum atomic E-state index is 13.1. The summed E-state index contributed by atoms with van der Waals surface area (Å²) in [7, 11) is 0. The fourth-order valence-corrected chi connectivity index (χ4v) is 4.80. The number of aryl methyl sites for hydroxylation is 2. The molecule has 0 aliphatic rings. The molecule has 1 amide bonds. The highest BCUT2D eigenvalue weighted by molar-refractivity contribution is 8.00. The Morgan fingerprint density at radius 1 is 0.833 bits per heavy atom. The lowest BCUT2D eigenvalue weighted by molar-refractivity contribution is -0.115. The minimum Gasteiger partial charge on any atom is -0.299 e. The lowest BCUT2D eigenvalue weighted by Crippen LogP contribution is -2.18. The number of nitrogens with one attached hydrogen (secondary N) is 1. The number of rotatable bonds is 8. The summed E-state index contributed by atoms with van der Waals surface area (Å²) in [6.07, 6.45) is 1.71. The summed E-state index contributed by atoms with van der Waals surface area (Å²) in [6, 6.07) is 30.1. The van der Waals surface area contributed by atoms with Gasteiger partial charge in [-0.3, -0.25) is 10.1 Å². The second-order valence-electron chi connectivity index (χ2n) is 6.70. The van der Waals surface area contributed by atoms with Gasteiger partial charge < -0.3 is 0 Å². The summed E-state index contributed by atoms with van der Waals surface area (Å²) in [4.78, 5) is 14.2. The number of aromatic nitrogens is 2.